The molecule has 25 heavy (non-hydrogen) atoms. The molecule has 1 heterocycles. The van der Waals surface area contributed by atoms with E-state index in [-0.39, 0.29) is 24.3 Å². The number of rotatable bonds is 2. The van der Waals surface area contributed by atoms with Gasteiger partial charge in [0.2, 0.25) is 0 Å². The van der Waals surface area contributed by atoms with E-state index >= 15 is 0 Å². The molecule has 0 saturated heterocycles. The van der Waals surface area contributed by atoms with Gasteiger partial charge in [0.25, 0.3) is 0 Å². The summed E-state index contributed by atoms with van der Waals surface area (Å²) in [6.45, 7) is 4.35. The molecule has 0 aliphatic carbocycles. The predicted molar refractivity (Wildman–Crippen MR) is 111 cm³/mol. The van der Waals surface area contributed by atoms with Crippen LogP contribution in [0.1, 0.15) is 25.3 Å². The Bertz CT molecular complexity index is 1100. The molecule has 0 aliphatic rings. The molecule has 0 atom stereocenters. The van der Waals surface area contributed by atoms with Crippen molar-refractivity contribution in [2.45, 2.75) is 19.8 Å². The SMILES string of the molecule is CC(C)c1ccc2sc3ccccc3c(=O)c2c1-c1cc[c]cc1.[LiH]. The molecule has 3 heteroatoms. The van der Waals surface area contributed by atoms with Crippen molar-refractivity contribution in [3.8, 4) is 11.1 Å². The summed E-state index contributed by atoms with van der Waals surface area (Å²) in [6.07, 6.45) is 0. The number of hydrogen-bond donors (Lipinski definition) is 0. The number of benzene rings is 3. The first-order valence-corrected chi connectivity index (χ1v) is 8.93. The Balaban J connectivity index is 0.00000182. The molecule has 0 amide bonds. The second kappa shape index (κ2) is 7.18. The molecule has 0 saturated carbocycles. The molecule has 1 nitrogen and oxygen atoms in total. The van der Waals surface area contributed by atoms with E-state index in [9.17, 15) is 4.79 Å². The van der Waals surface area contributed by atoms with Crippen LogP contribution in [0, 0.1) is 6.07 Å². The molecule has 4 rings (SSSR count). The van der Waals surface area contributed by atoms with Crippen molar-refractivity contribution < 1.29 is 0 Å². The zero-order chi connectivity index (χ0) is 16.7. The van der Waals surface area contributed by atoms with Gasteiger partial charge in [-0.3, -0.25) is 4.79 Å². The average Bonchev–Trinajstić information content (AvgIpc) is 2.61. The fraction of sp³-hybridized carbons (Fsp3) is 0.136. The second-order valence-electron chi connectivity index (χ2n) is 6.27. The summed E-state index contributed by atoms with van der Waals surface area (Å²) < 4.78 is 2.09. The number of hydrogen-bond acceptors (Lipinski definition) is 2. The van der Waals surface area contributed by atoms with Gasteiger partial charge in [-0.2, -0.15) is 0 Å². The Labute approximate surface area is 163 Å². The van der Waals surface area contributed by atoms with Gasteiger partial charge in [0.15, 0.2) is 5.43 Å². The van der Waals surface area contributed by atoms with Crippen molar-refractivity contribution in [2.75, 3.05) is 0 Å². The third kappa shape index (κ3) is 3.07. The normalized spacial score (nSPS) is 11.0. The Kier molecular flexibility index (Phi) is 5.15. The third-order valence-electron chi connectivity index (χ3n) is 4.41. The molecule has 119 valence electrons. The van der Waals surface area contributed by atoms with Gasteiger partial charge in [0, 0.05) is 20.2 Å². The first-order valence-electron chi connectivity index (χ1n) is 8.12. The van der Waals surface area contributed by atoms with Crippen molar-refractivity contribution in [2.24, 2.45) is 0 Å². The van der Waals surface area contributed by atoms with Crippen LogP contribution in [0.2, 0.25) is 0 Å². The van der Waals surface area contributed by atoms with Crippen LogP contribution < -0.4 is 5.43 Å². The summed E-state index contributed by atoms with van der Waals surface area (Å²) in [5.74, 6) is 0.351. The summed E-state index contributed by atoms with van der Waals surface area (Å²) in [5.41, 5.74) is 3.50. The van der Waals surface area contributed by atoms with Crippen LogP contribution >= 0.6 is 11.3 Å². The second-order valence-corrected chi connectivity index (χ2v) is 7.36. The molecule has 0 N–H and O–H groups in total. The molecule has 0 unspecified atom stereocenters. The molecule has 1 radical (unpaired) electrons. The van der Waals surface area contributed by atoms with Gasteiger partial charge in [-0.25, -0.2) is 0 Å². The fourth-order valence-corrected chi connectivity index (χ4v) is 4.34. The standard InChI is InChI=1S/C22H17OS.Li.H/c1-14(2)16-12-13-19-21(20(16)15-8-4-3-5-9-15)22(23)17-10-6-7-11-18(17)24-19;;/h4-14H,1-2H3;;. The molecule has 3 aromatic carbocycles. The molecule has 4 aromatic rings. The quantitative estimate of drug-likeness (QED) is 0.356. The Morgan fingerprint density at radius 1 is 0.920 bits per heavy atom. The minimum absolute atomic E-state index is 0. The monoisotopic (exact) mass is 337 g/mol. The molecule has 0 spiro atoms. The first-order chi connectivity index (χ1) is 11.7. The molecule has 0 fully saturated rings. The van der Waals surface area contributed by atoms with E-state index in [2.05, 4.69) is 32.0 Å². The van der Waals surface area contributed by atoms with Crippen molar-refractivity contribution >= 4 is 50.4 Å². The zero-order valence-electron chi connectivity index (χ0n) is 13.7. The van der Waals surface area contributed by atoms with E-state index in [0.717, 1.165) is 31.3 Å². The minimum atomic E-state index is 0. The van der Waals surface area contributed by atoms with E-state index < -0.39 is 0 Å². The van der Waals surface area contributed by atoms with Crippen molar-refractivity contribution in [3.63, 3.8) is 0 Å². The predicted octanol–water partition coefficient (Wildman–Crippen LogP) is 5.36. The topological polar surface area (TPSA) is 17.1 Å². The zero-order valence-corrected chi connectivity index (χ0v) is 14.5. The summed E-state index contributed by atoms with van der Waals surface area (Å²) in [7, 11) is 0. The van der Waals surface area contributed by atoms with Gasteiger partial charge in [0.05, 0.1) is 0 Å². The molecule has 0 bridgehead atoms. The maximum atomic E-state index is 13.3. The van der Waals surface area contributed by atoms with Gasteiger partial charge in [-0.1, -0.05) is 56.3 Å². The van der Waals surface area contributed by atoms with Crippen molar-refractivity contribution in [3.05, 3.63) is 82.5 Å². The molecular formula is C22H18LiOS. The van der Waals surface area contributed by atoms with Crippen molar-refractivity contribution in [1.82, 2.24) is 0 Å². The van der Waals surface area contributed by atoms with Gasteiger partial charge < -0.3 is 0 Å². The van der Waals surface area contributed by atoms with Crippen LogP contribution in [0.25, 0.3) is 31.3 Å². The van der Waals surface area contributed by atoms with Crippen molar-refractivity contribution in [1.29, 1.82) is 0 Å². The Morgan fingerprint density at radius 2 is 1.64 bits per heavy atom. The van der Waals surface area contributed by atoms with E-state index in [4.69, 9.17) is 0 Å². The Hall–Kier alpha value is -1.85. The Morgan fingerprint density at radius 3 is 2.36 bits per heavy atom. The van der Waals surface area contributed by atoms with Crippen LogP contribution in [0.15, 0.2) is 65.5 Å². The van der Waals surface area contributed by atoms with E-state index in [1.165, 1.54) is 5.56 Å². The van der Waals surface area contributed by atoms with Crippen LogP contribution in [0.4, 0.5) is 0 Å². The summed E-state index contributed by atoms with van der Waals surface area (Å²) >= 11 is 1.69. The first kappa shape index (κ1) is 18.0. The van der Waals surface area contributed by atoms with E-state index in [1.54, 1.807) is 11.3 Å². The maximum absolute atomic E-state index is 13.3. The molecule has 0 aliphatic heterocycles. The van der Waals surface area contributed by atoms with Gasteiger partial charge in [0.1, 0.15) is 0 Å². The van der Waals surface area contributed by atoms with E-state index in [1.807, 2.05) is 48.5 Å². The van der Waals surface area contributed by atoms with Crippen LogP contribution in [0.5, 0.6) is 0 Å². The van der Waals surface area contributed by atoms with Crippen LogP contribution in [-0.4, -0.2) is 18.9 Å². The molecular weight excluding hydrogens is 319 g/mol. The molecule has 1 aromatic heterocycles. The number of fused-ring (bicyclic) bond motifs is 2. The average molecular weight is 337 g/mol. The third-order valence-corrected chi connectivity index (χ3v) is 5.54. The van der Waals surface area contributed by atoms with Gasteiger partial charge >= 0.3 is 18.9 Å². The van der Waals surface area contributed by atoms with E-state index in [0.29, 0.717) is 5.92 Å². The van der Waals surface area contributed by atoms with Gasteiger partial charge in [-0.15, -0.1) is 11.3 Å². The van der Waals surface area contributed by atoms with Gasteiger partial charge in [-0.05, 0) is 46.9 Å². The van der Waals surface area contributed by atoms with Crippen LogP contribution in [0.3, 0.4) is 0 Å². The summed E-state index contributed by atoms with van der Waals surface area (Å²) in [5, 5.41) is 1.65. The summed E-state index contributed by atoms with van der Waals surface area (Å²) in [6, 6.07) is 23.1. The fourth-order valence-electron chi connectivity index (χ4n) is 3.25. The van der Waals surface area contributed by atoms with Crippen LogP contribution in [-0.2, 0) is 0 Å². The summed E-state index contributed by atoms with van der Waals surface area (Å²) in [4.78, 5) is 13.3.